The van der Waals surface area contributed by atoms with E-state index in [4.69, 9.17) is 16.3 Å². The van der Waals surface area contributed by atoms with Crippen molar-refractivity contribution in [3.05, 3.63) is 99.0 Å². The first-order valence-corrected chi connectivity index (χ1v) is 10.5. The van der Waals surface area contributed by atoms with Gasteiger partial charge in [-0.05, 0) is 48.0 Å². The maximum absolute atomic E-state index is 12.0. The molecule has 0 saturated heterocycles. The third kappa shape index (κ3) is 7.24. The van der Waals surface area contributed by atoms with Crippen molar-refractivity contribution in [3.63, 3.8) is 0 Å². The van der Waals surface area contributed by atoms with Gasteiger partial charge < -0.3 is 10.1 Å². The van der Waals surface area contributed by atoms with E-state index < -0.39 is 5.91 Å². The molecule has 0 aromatic heterocycles. The molecule has 0 atom stereocenters. The van der Waals surface area contributed by atoms with Crippen molar-refractivity contribution in [2.45, 2.75) is 6.61 Å². The molecule has 0 bridgehead atoms. The molecule has 31 heavy (non-hydrogen) atoms. The smallest absolute Gasteiger partial charge is 0.259 e. The molecular weight excluding hydrogens is 482 g/mol. The van der Waals surface area contributed by atoms with E-state index in [2.05, 4.69) is 31.8 Å². The third-order valence-corrected chi connectivity index (χ3v) is 4.86. The highest BCUT2D eigenvalue weighted by molar-refractivity contribution is 9.10. The molecule has 0 fully saturated rings. The molecule has 8 heteroatoms. The number of nitrogens with one attached hydrogen (secondary N) is 2. The van der Waals surface area contributed by atoms with E-state index in [0.29, 0.717) is 28.5 Å². The lowest BCUT2D eigenvalue weighted by atomic mass is 10.2. The van der Waals surface area contributed by atoms with Gasteiger partial charge in [0.25, 0.3) is 11.8 Å². The predicted molar refractivity (Wildman–Crippen MR) is 124 cm³/mol. The van der Waals surface area contributed by atoms with Crippen molar-refractivity contribution >= 4 is 45.6 Å². The summed E-state index contributed by atoms with van der Waals surface area (Å²) in [5, 5.41) is 7.02. The first kappa shape index (κ1) is 22.5. The lowest BCUT2D eigenvalue weighted by Gasteiger charge is -2.10. The van der Waals surface area contributed by atoms with Crippen LogP contribution in [0.2, 0.25) is 5.02 Å². The van der Waals surface area contributed by atoms with Crippen molar-refractivity contribution in [1.29, 1.82) is 0 Å². The standard InChI is InChI=1S/C23H19BrClN3O3/c24-19-8-11-21(31-15-16-4-2-1-3-5-16)18(12-19)13-27-28-22(29)14-26-23(30)17-6-9-20(25)10-7-17/h1-13H,14-15H2,(H,26,30)(H,28,29)/b27-13-. The summed E-state index contributed by atoms with van der Waals surface area (Å²) < 4.78 is 6.73. The minimum Gasteiger partial charge on any atom is -0.488 e. The molecule has 0 aliphatic carbocycles. The zero-order valence-electron chi connectivity index (χ0n) is 16.3. The number of rotatable bonds is 8. The molecule has 0 radical (unpaired) electrons. The van der Waals surface area contributed by atoms with Gasteiger partial charge in [-0.2, -0.15) is 5.10 Å². The Labute approximate surface area is 193 Å². The average molecular weight is 501 g/mol. The van der Waals surface area contributed by atoms with Crippen LogP contribution in [0.15, 0.2) is 82.4 Å². The number of hydrogen-bond donors (Lipinski definition) is 2. The topological polar surface area (TPSA) is 79.8 Å². The predicted octanol–water partition coefficient (Wildman–Crippen LogP) is 4.56. The number of carbonyl (C=O) groups is 2. The fourth-order valence-corrected chi connectivity index (χ4v) is 3.07. The first-order chi connectivity index (χ1) is 15.0. The lowest BCUT2D eigenvalue weighted by molar-refractivity contribution is -0.120. The van der Waals surface area contributed by atoms with E-state index in [-0.39, 0.29) is 12.5 Å². The van der Waals surface area contributed by atoms with Gasteiger partial charge in [-0.3, -0.25) is 9.59 Å². The Kier molecular flexibility index (Phi) is 8.20. The van der Waals surface area contributed by atoms with Crippen molar-refractivity contribution < 1.29 is 14.3 Å². The van der Waals surface area contributed by atoms with Gasteiger partial charge in [-0.25, -0.2) is 5.43 Å². The molecular formula is C23H19BrClN3O3. The van der Waals surface area contributed by atoms with Crippen molar-refractivity contribution in [1.82, 2.24) is 10.7 Å². The number of halogens is 2. The molecule has 0 unspecified atom stereocenters. The van der Waals surface area contributed by atoms with Gasteiger partial charge >= 0.3 is 0 Å². The summed E-state index contributed by atoms with van der Waals surface area (Å²) in [6.07, 6.45) is 1.49. The van der Waals surface area contributed by atoms with E-state index in [1.807, 2.05) is 48.5 Å². The number of hydrogen-bond acceptors (Lipinski definition) is 4. The Hall–Kier alpha value is -3.16. The Balaban J connectivity index is 1.53. The van der Waals surface area contributed by atoms with Gasteiger partial charge in [0.1, 0.15) is 12.4 Å². The SMILES string of the molecule is O=C(CNC(=O)c1ccc(Cl)cc1)N/N=C\c1cc(Br)ccc1OCc1ccccc1. The number of ether oxygens (including phenoxy) is 1. The highest BCUT2D eigenvalue weighted by atomic mass is 79.9. The normalized spacial score (nSPS) is 10.6. The second-order valence-corrected chi connectivity index (χ2v) is 7.79. The number of carbonyl (C=O) groups excluding carboxylic acids is 2. The van der Waals surface area contributed by atoms with E-state index in [9.17, 15) is 9.59 Å². The number of hydrazone groups is 1. The van der Waals surface area contributed by atoms with Crippen LogP contribution in [0.25, 0.3) is 0 Å². The first-order valence-electron chi connectivity index (χ1n) is 9.33. The van der Waals surface area contributed by atoms with E-state index in [0.717, 1.165) is 10.0 Å². The molecule has 3 aromatic rings. The van der Waals surface area contributed by atoms with Gasteiger partial charge in [0.05, 0.1) is 12.8 Å². The van der Waals surface area contributed by atoms with Crippen LogP contribution in [0.5, 0.6) is 5.75 Å². The van der Waals surface area contributed by atoms with Gasteiger partial charge in [-0.15, -0.1) is 0 Å². The largest absolute Gasteiger partial charge is 0.488 e. The van der Waals surface area contributed by atoms with Crippen LogP contribution in [0.3, 0.4) is 0 Å². The van der Waals surface area contributed by atoms with Crippen LogP contribution in [-0.2, 0) is 11.4 Å². The highest BCUT2D eigenvalue weighted by Crippen LogP contribution is 2.22. The molecule has 0 spiro atoms. The van der Waals surface area contributed by atoms with Gasteiger partial charge in [0.2, 0.25) is 0 Å². The maximum atomic E-state index is 12.0. The summed E-state index contributed by atoms with van der Waals surface area (Å²) in [7, 11) is 0. The van der Waals surface area contributed by atoms with Crippen LogP contribution in [-0.4, -0.2) is 24.6 Å². The summed E-state index contributed by atoms with van der Waals surface area (Å²) >= 11 is 9.22. The molecule has 0 saturated carbocycles. The Morgan fingerprint density at radius 1 is 1.03 bits per heavy atom. The Morgan fingerprint density at radius 2 is 1.77 bits per heavy atom. The molecule has 2 amide bonds. The molecule has 3 aromatic carbocycles. The molecule has 0 aliphatic heterocycles. The molecule has 158 valence electrons. The summed E-state index contributed by atoms with van der Waals surface area (Å²) in [6.45, 7) is 0.195. The summed E-state index contributed by atoms with van der Waals surface area (Å²) in [6, 6.07) is 21.7. The fourth-order valence-electron chi connectivity index (χ4n) is 2.56. The quantitative estimate of drug-likeness (QED) is 0.351. The van der Waals surface area contributed by atoms with Gasteiger partial charge in [0.15, 0.2) is 0 Å². The lowest BCUT2D eigenvalue weighted by Crippen LogP contribution is -2.34. The minimum absolute atomic E-state index is 0.214. The van der Waals surface area contributed by atoms with E-state index >= 15 is 0 Å². The van der Waals surface area contributed by atoms with Crippen LogP contribution < -0.4 is 15.5 Å². The number of benzene rings is 3. The van der Waals surface area contributed by atoms with E-state index in [1.165, 1.54) is 6.21 Å². The van der Waals surface area contributed by atoms with Crippen molar-refractivity contribution in [3.8, 4) is 5.75 Å². The van der Waals surface area contributed by atoms with Gasteiger partial charge in [-0.1, -0.05) is 57.9 Å². The van der Waals surface area contributed by atoms with E-state index in [1.54, 1.807) is 24.3 Å². The Bertz CT molecular complexity index is 1070. The highest BCUT2D eigenvalue weighted by Gasteiger charge is 2.08. The second kappa shape index (κ2) is 11.3. The Morgan fingerprint density at radius 3 is 2.52 bits per heavy atom. The van der Waals surface area contributed by atoms with Crippen molar-refractivity contribution in [2.75, 3.05) is 6.54 Å². The molecule has 2 N–H and O–H groups in total. The van der Waals surface area contributed by atoms with Crippen LogP contribution in [0.1, 0.15) is 21.5 Å². The summed E-state index contributed by atoms with van der Waals surface area (Å²) in [5.41, 5.74) is 4.53. The molecule has 0 aliphatic rings. The zero-order chi connectivity index (χ0) is 22.1. The van der Waals surface area contributed by atoms with Crippen LogP contribution >= 0.6 is 27.5 Å². The van der Waals surface area contributed by atoms with Crippen molar-refractivity contribution in [2.24, 2.45) is 5.10 Å². The molecule has 0 heterocycles. The maximum Gasteiger partial charge on any atom is 0.259 e. The molecule has 6 nitrogen and oxygen atoms in total. The fraction of sp³-hybridized carbons (Fsp3) is 0.0870. The second-order valence-electron chi connectivity index (χ2n) is 6.44. The third-order valence-electron chi connectivity index (χ3n) is 4.12. The minimum atomic E-state index is -0.458. The zero-order valence-corrected chi connectivity index (χ0v) is 18.7. The monoisotopic (exact) mass is 499 g/mol. The van der Waals surface area contributed by atoms with Gasteiger partial charge in [0, 0.05) is 20.6 Å². The number of nitrogens with zero attached hydrogens (tertiary/aromatic N) is 1. The average Bonchev–Trinajstić information content (AvgIpc) is 2.78. The summed E-state index contributed by atoms with van der Waals surface area (Å²) in [4.78, 5) is 24.0. The molecule has 3 rings (SSSR count). The number of amides is 2. The summed E-state index contributed by atoms with van der Waals surface area (Å²) in [5.74, 6) is -0.208. The van der Waals surface area contributed by atoms with Crippen LogP contribution in [0, 0.1) is 0 Å². The van der Waals surface area contributed by atoms with Crippen LogP contribution in [0.4, 0.5) is 0 Å².